The minimum absolute atomic E-state index is 0.156. The van der Waals surface area contributed by atoms with Crippen molar-refractivity contribution in [3.05, 3.63) is 35.6 Å². The Kier molecular flexibility index (Phi) is 6.69. The molecule has 1 saturated heterocycles. The molecule has 2 rings (SSSR count). The number of nitrogens with one attached hydrogen (secondary N) is 2. The second kappa shape index (κ2) is 8.54. The van der Waals surface area contributed by atoms with E-state index in [9.17, 15) is 9.18 Å². The van der Waals surface area contributed by atoms with Crippen molar-refractivity contribution < 1.29 is 9.18 Å². The summed E-state index contributed by atoms with van der Waals surface area (Å²) < 4.78 is 12.8. The van der Waals surface area contributed by atoms with Crippen LogP contribution in [0.1, 0.15) is 10.4 Å². The molecule has 0 atom stereocenters. The maximum absolute atomic E-state index is 12.8. The molecular weight excluding hydrogens is 295 g/mol. The number of amides is 1. The summed E-state index contributed by atoms with van der Waals surface area (Å²) in [5, 5.41) is 6.30. The molecule has 1 amide bonds. The van der Waals surface area contributed by atoms with E-state index in [0.29, 0.717) is 18.2 Å². The Morgan fingerprint density at radius 2 is 1.80 bits per heavy atom. The number of carbonyl (C=O) groups excluding carboxylic acids is 1. The van der Waals surface area contributed by atoms with E-state index in [1.807, 2.05) is 23.5 Å². The van der Waals surface area contributed by atoms with Crippen molar-refractivity contribution >= 4 is 29.4 Å². The van der Waals surface area contributed by atoms with Gasteiger partial charge in [-0.05, 0) is 24.3 Å². The van der Waals surface area contributed by atoms with Gasteiger partial charge in [0.15, 0.2) is 0 Å². The summed E-state index contributed by atoms with van der Waals surface area (Å²) >= 11 is 3.96. The molecule has 0 unspecified atom stereocenters. The highest BCUT2D eigenvalue weighted by Gasteiger charge is 2.12. The van der Waals surface area contributed by atoms with Gasteiger partial charge in [-0.15, -0.1) is 0 Å². The third kappa shape index (κ3) is 5.34. The molecule has 1 aliphatic heterocycles. The topological polar surface area (TPSA) is 41.1 Å². The lowest BCUT2D eigenvalue weighted by Crippen LogP contribution is -2.39. The first-order chi connectivity index (χ1) is 9.75. The van der Waals surface area contributed by atoms with Crippen molar-refractivity contribution in [1.82, 2.24) is 10.6 Å². The van der Waals surface area contributed by atoms with Crippen molar-refractivity contribution in [1.29, 1.82) is 0 Å². The Hall–Kier alpha value is -0.720. The highest BCUT2D eigenvalue weighted by atomic mass is 32.2. The molecular formula is C14H19FN2OS2. The van der Waals surface area contributed by atoms with Gasteiger partial charge in [0.05, 0.1) is 0 Å². The van der Waals surface area contributed by atoms with Crippen molar-refractivity contribution in [2.75, 3.05) is 36.1 Å². The lowest BCUT2D eigenvalue weighted by molar-refractivity contribution is 0.0953. The van der Waals surface area contributed by atoms with Crippen molar-refractivity contribution in [3.8, 4) is 0 Å². The van der Waals surface area contributed by atoms with Crippen molar-refractivity contribution in [2.45, 2.75) is 6.04 Å². The minimum Gasteiger partial charge on any atom is -0.351 e. The van der Waals surface area contributed by atoms with Gasteiger partial charge in [-0.1, -0.05) is 0 Å². The molecule has 0 aromatic heterocycles. The van der Waals surface area contributed by atoms with Gasteiger partial charge >= 0.3 is 0 Å². The molecule has 1 aromatic carbocycles. The smallest absolute Gasteiger partial charge is 0.251 e. The molecule has 0 aliphatic carbocycles. The van der Waals surface area contributed by atoms with E-state index >= 15 is 0 Å². The molecule has 0 radical (unpaired) electrons. The molecule has 0 saturated carbocycles. The zero-order chi connectivity index (χ0) is 14.2. The fraction of sp³-hybridized carbons (Fsp3) is 0.500. The van der Waals surface area contributed by atoms with E-state index in [1.54, 1.807) is 0 Å². The predicted molar refractivity (Wildman–Crippen MR) is 85.2 cm³/mol. The van der Waals surface area contributed by atoms with E-state index < -0.39 is 0 Å². The van der Waals surface area contributed by atoms with Crippen LogP contribution in [0.5, 0.6) is 0 Å². The van der Waals surface area contributed by atoms with Gasteiger partial charge in [-0.25, -0.2) is 4.39 Å². The van der Waals surface area contributed by atoms with Crippen molar-refractivity contribution in [2.24, 2.45) is 0 Å². The van der Waals surface area contributed by atoms with E-state index in [4.69, 9.17) is 0 Å². The molecule has 110 valence electrons. The maximum atomic E-state index is 12.8. The lowest BCUT2D eigenvalue weighted by Gasteiger charge is -2.15. The van der Waals surface area contributed by atoms with Gasteiger partial charge in [-0.2, -0.15) is 23.5 Å². The fourth-order valence-electron chi connectivity index (χ4n) is 1.89. The molecule has 1 fully saturated rings. The minimum atomic E-state index is -0.327. The summed E-state index contributed by atoms with van der Waals surface area (Å²) in [5.74, 6) is 4.24. The van der Waals surface area contributed by atoms with Crippen molar-refractivity contribution in [3.63, 3.8) is 0 Å². The number of thioether (sulfide) groups is 2. The first kappa shape index (κ1) is 15.7. The fourth-order valence-corrected chi connectivity index (χ4v) is 4.36. The summed E-state index contributed by atoms with van der Waals surface area (Å²) in [6.07, 6.45) is 0. The van der Waals surface area contributed by atoms with Crippen LogP contribution in [0.25, 0.3) is 0 Å². The van der Waals surface area contributed by atoms with Crippen LogP contribution in [0, 0.1) is 5.82 Å². The van der Waals surface area contributed by atoms with Gasteiger partial charge in [0.1, 0.15) is 5.82 Å². The van der Waals surface area contributed by atoms with Crippen LogP contribution >= 0.6 is 23.5 Å². The highest BCUT2D eigenvalue weighted by molar-refractivity contribution is 8.03. The quantitative estimate of drug-likeness (QED) is 0.816. The SMILES string of the molecule is O=C(NCCNC1CSCCSC1)c1ccc(F)cc1. The average molecular weight is 314 g/mol. The molecule has 1 heterocycles. The molecule has 20 heavy (non-hydrogen) atoms. The summed E-state index contributed by atoms with van der Waals surface area (Å²) in [7, 11) is 0. The van der Waals surface area contributed by atoms with Crippen LogP contribution in [0.4, 0.5) is 4.39 Å². The molecule has 0 spiro atoms. The lowest BCUT2D eigenvalue weighted by atomic mass is 10.2. The number of benzene rings is 1. The Bertz CT molecular complexity index is 420. The second-order valence-corrected chi connectivity index (χ2v) is 6.86. The predicted octanol–water partition coefficient (Wildman–Crippen LogP) is 1.99. The van der Waals surface area contributed by atoms with Crippen LogP contribution in [0.2, 0.25) is 0 Å². The van der Waals surface area contributed by atoms with Crippen LogP contribution in [-0.2, 0) is 0 Å². The normalized spacial score (nSPS) is 16.6. The molecule has 3 nitrogen and oxygen atoms in total. The molecule has 2 N–H and O–H groups in total. The third-order valence-corrected chi connectivity index (χ3v) is 5.48. The third-order valence-electron chi connectivity index (χ3n) is 2.96. The molecule has 0 bridgehead atoms. The zero-order valence-electron chi connectivity index (χ0n) is 11.2. The molecule has 1 aromatic rings. The largest absolute Gasteiger partial charge is 0.351 e. The average Bonchev–Trinajstić information content (AvgIpc) is 2.73. The summed E-state index contributed by atoms with van der Waals surface area (Å²) in [6, 6.07) is 6.11. The zero-order valence-corrected chi connectivity index (χ0v) is 12.9. The molecule has 6 heteroatoms. The van der Waals surface area contributed by atoms with Gasteiger partial charge in [0.2, 0.25) is 0 Å². The van der Waals surface area contributed by atoms with Crippen LogP contribution in [0.15, 0.2) is 24.3 Å². The Labute approximate surface area is 127 Å². The molecule has 1 aliphatic rings. The number of hydrogen-bond donors (Lipinski definition) is 2. The summed E-state index contributed by atoms with van der Waals surface area (Å²) in [4.78, 5) is 11.8. The maximum Gasteiger partial charge on any atom is 0.251 e. The summed E-state index contributed by atoms with van der Waals surface area (Å²) in [6.45, 7) is 1.35. The first-order valence-corrected chi connectivity index (χ1v) is 8.99. The van der Waals surface area contributed by atoms with E-state index in [2.05, 4.69) is 10.6 Å². The van der Waals surface area contributed by atoms with Gasteiger partial charge in [0.25, 0.3) is 5.91 Å². The van der Waals surface area contributed by atoms with Gasteiger partial charge < -0.3 is 10.6 Å². The number of carbonyl (C=O) groups is 1. The van der Waals surface area contributed by atoms with E-state index in [0.717, 1.165) is 18.1 Å². The Morgan fingerprint density at radius 3 is 2.45 bits per heavy atom. The first-order valence-electron chi connectivity index (χ1n) is 6.68. The Balaban J connectivity index is 1.65. The highest BCUT2D eigenvalue weighted by Crippen LogP contribution is 2.16. The summed E-state index contributed by atoms with van der Waals surface area (Å²) in [5.41, 5.74) is 0.493. The van der Waals surface area contributed by atoms with Gasteiger partial charge in [-0.3, -0.25) is 4.79 Å². The van der Waals surface area contributed by atoms with Crippen LogP contribution in [-0.4, -0.2) is 48.0 Å². The van der Waals surface area contributed by atoms with Crippen LogP contribution < -0.4 is 10.6 Å². The monoisotopic (exact) mass is 314 g/mol. The Morgan fingerprint density at radius 1 is 1.15 bits per heavy atom. The standard InChI is InChI=1S/C14H19FN2OS2/c15-12-3-1-11(2-4-12)14(18)17-6-5-16-13-9-19-7-8-20-10-13/h1-4,13,16H,5-10H2,(H,17,18). The number of hydrogen-bond acceptors (Lipinski definition) is 4. The van der Waals surface area contributed by atoms with Crippen LogP contribution in [0.3, 0.4) is 0 Å². The second-order valence-electron chi connectivity index (χ2n) is 4.56. The number of halogens is 1. The number of rotatable bonds is 5. The van der Waals surface area contributed by atoms with E-state index in [-0.39, 0.29) is 11.7 Å². The van der Waals surface area contributed by atoms with Gasteiger partial charge in [0, 0.05) is 47.7 Å². The van der Waals surface area contributed by atoms with E-state index in [1.165, 1.54) is 35.8 Å².